The summed E-state index contributed by atoms with van der Waals surface area (Å²) in [5, 5.41) is 9.11. The minimum Gasteiger partial charge on any atom is -0.395 e. The molecule has 0 aromatic rings. The maximum atomic E-state index is 12.7. The largest absolute Gasteiger partial charge is 0.395 e. The SMILES string of the molecule is CCOC1CC(N)(C(=O)N(CCO)CCOC)C1(C)C. The number of rotatable bonds is 8. The number of hydrogen-bond donors (Lipinski definition) is 2. The van der Waals surface area contributed by atoms with Gasteiger partial charge in [-0.3, -0.25) is 4.79 Å². The molecule has 0 saturated heterocycles. The number of carbonyl (C=O) groups is 1. The predicted molar refractivity (Wildman–Crippen MR) is 76.3 cm³/mol. The first-order valence-electron chi connectivity index (χ1n) is 7.14. The Bertz CT molecular complexity index is 335. The van der Waals surface area contributed by atoms with Crippen molar-refractivity contribution in [2.45, 2.75) is 38.8 Å². The number of hydrogen-bond acceptors (Lipinski definition) is 5. The standard InChI is InChI=1S/C14H28N2O4/c1-5-20-11-10-14(15,13(11,2)3)12(18)16(6-8-17)7-9-19-4/h11,17H,5-10,15H2,1-4H3. The van der Waals surface area contributed by atoms with Crippen molar-refractivity contribution in [3.05, 3.63) is 0 Å². The van der Waals surface area contributed by atoms with Crippen molar-refractivity contribution in [1.82, 2.24) is 4.90 Å². The zero-order chi connectivity index (χ0) is 15.4. The number of nitrogens with two attached hydrogens (primary N) is 1. The number of ether oxygens (including phenoxy) is 2. The van der Waals surface area contributed by atoms with Gasteiger partial charge in [-0.05, 0) is 6.92 Å². The highest BCUT2D eigenvalue weighted by Gasteiger charge is 2.63. The molecule has 20 heavy (non-hydrogen) atoms. The summed E-state index contributed by atoms with van der Waals surface area (Å²) in [7, 11) is 1.58. The second kappa shape index (κ2) is 6.85. The van der Waals surface area contributed by atoms with Crippen LogP contribution in [0.25, 0.3) is 0 Å². The van der Waals surface area contributed by atoms with Crippen molar-refractivity contribution in [2.24, 2.45) is 11.1 Å². The molecule has 1 amide bonds. The normalized spacial score (nSPS) is 28.0. The van der Waals surface area contributed by atoms with Gasteiger partial charge in [-0.2, -0.15) is 0 Å². The molecule has 2 unspecified atom stereocenters. The first kappa shape index (κ1) is 17.4. The van der Waals surface area contributed by atoms with Gasteiger partial charge in [-0.1, -0.05) is 13.8 Å². The lowest BCUT2D eigenvalue weighted by Crippen LogP contribution is -2.76. The van der Waals surface area contributed by atoms with Crippen LogP contribution >= 0.6 is 0 Å². The van der Waals surface area contributed by atoms with E-state index in [0.717, 1.165) is 0 Å². The fourth-order valence-corrected chi connectivity index (χ4v) is 2.72. The molecule has 2 atom stereocenters. The van der Waals surface area contributed by atoms with Crippen LogP contribution in [0.15, 0.2) is 0 Å². The summed E-state index contributed by atoms with van der Waals surface area (Å²) in [6.45, 7) is 7.52. The molecule has 0 spiro atoms. The highest BCUT2D eigenvalue weighted by Crippen LogP contribution is 2.50. The van der Waals surface area contributed by atoms with Crippen molar-refractivity contribution in [3.63, 3.8) is 0 Å². The molecule has 0 radical (unpaired) electrons. The lowest BCUT2D eigenvalue weighted by molar-refractivity contribution is -0.180. The first-order chi connectivity index (χ1) is 9.35. The van der Waals surface area contributed by atoms with E-state index in [4.69, 9.17) is 20.3 Å². The summed E-state index contributed by atoms with van der Waals surface area (Å²) >= 11 is 0. The lowest BCUT2D eigenvalue weighted by Gasteiger charge is -2.58. The molecule has 118 valence electrons. The fourth-order valence-electron chi connectivity index (χ4n) is 2.72. The molecule has 6 heteroatoms. The molecule has 0 aliphatic heterocycles. The van der Waals surface area contributed by atoms with E-state index in [1.54, 1.807) is 12.0 Å². The minimum atomic E-state index is -0.935. The third-order valence-corrected chi connectivity index (χ3v) is 4.43. The lowest BCUT2D eigenvalue weighted by atomic mass is 9.54. The van der Waals surface area contributed by atoms with Gasteiger partial charge in [0.15, 0.2) is 0 Å². The van der Waals surface area contributed by atoms with E-state index >= 15 is 0 Å². The molecule has 1 aliphatic rings. The van der Waals surface area contributed by atoms with E-state index < -0.39 is 11.0 Å². The topological polar surface area (TPSA) is 85.0 Å². The maximum Gasteiger partial charge on any atom is 0.243 e. The van der Waals surface area contributed by atoms with Crippen LogP contribution in [0.1, 0.15) is 27.2 Å². The molecule has 0 aromatic heterocycles. The first-order valence-corrected chi connectivity index (χ1v) is 7.14. The average molecular weight is 288 g/mol. The van der Waals surface area contributed by atoms with Gasteiger partial charge in [-0.25, -0.2) is 0 Å². The highest BCUT2D eigenvalue weighted by molar-refractivity contribution is 5.89. The molecule has 0 aromatic carbocycles. The molecular weight excluding hydrogens is 260 g/mol. The Morgan fingerprint density at radius 3 is 2.55 bits per heavy atom. The van der Waals surface area contributed by atoms with E-state index in [-0.39, 0.29) is 25.2 Å². The van der Waals surface area contributed by atoms with Gasteiger partial charge in [0, 0.05) is 38.6 Å². The zero-order valence-corrected chi connectivity index (χ0v) is 13.0. The Balaban J connectivity index is 2.78. The Kier molecular flexibility index (Phi) is 5.94. The van der Waals surface area contributed by atoms with Gasteiger partial charge in [0.2, 0.25) is 5.91 Å². The zero-order valence-electron chi connectivity index (χ0n) is 13.0. The van der Waals surface area contributed by atoms with Crippen LogP contribution in [-0.2, 0) is 14.3 Å². The molecule has 1 fully saturated rings. The maximum absolute atomic E-state index is 12.7. The number of nitrogens with zero attached hydrogens (tertiary/aromatic N) is 1. The van der Waals surface area contributed by atoms with E-state index in [2.05, 4.69) is 0 Å². The van der Waals surface area contributed by atoms with Crippen LogP contribution in [0.4, 0.5) is 0 Å². The van der Waals surface area contributed by atoms with Crippen molar-refractivity contribution >= 4 is 5.91 Å². The number of carbonyl (C=O) groups excluding carboxylic acids is 1. The van der Waals surface area contributed by atoms with Crippen molar-refractivity contribution in [1.29, 1.82) is 0 Å². The molecule has 1 rings (SSSR count). The summed E-state index contributed by atoms with van der Waals surface area (Å²) in [4.78, 5) is 14.3. The number of aliphatic hydroxyl groups excluding tert-OH is 1. The van der Waals surface area contributed by atoms with Crippen LogP contribution in [0.2, 0.25) is 0 Å². The summed E-state index contributed by atoms with van der Waals surface area (Å²) < 4.78 is 10.6. The Morgan fingerprint density at radius 1 is 1.45 bits per heavy atom. The second-order valence-electron chi connectivity index (χ2n) is 5.85. The molecule has 3 N–H and O–H groups in total. The number of aliphatic hydroxyl groups is 1. The van der Waals surface area contributed by atoms with Crippen LogP contribution in [0.3, 0.4) is 0 Å². The molecule has 0 bridgehead atoms. The summed E-state index contributed by atoms with van der Waals surface area (Å²) in [6.07, 6.45) is 0.515. The average Bonchev–Trinajstić information content (AvgIpc) is 2.42. The van der Waals surface area contributed by atoms with E-state index in [9.17, 15) is 4.79 Å². The smallest absolute Gasteiger partial charge is 0.243 e. The monoisotopic (exact) mass is 288 g/mol. The molecular formula is C14H28N2O4. The van der Waals surface area contributed by atoms with E-state index in [1.807, 2.05) is 20.8 Å². The van der Waals surface area contributed by atoms with Crippen molar-refractivity contribution in [3.8, 4) is 0 Å². The fraction of sp³-hybridized carbons (Fsp3) is 0.929. The molecule has 1 saturated carbocycles. The Labute approximate surface area is 121 Å². The summed E-state index contributed by atoms with van der Waals surface area (Å²) in [6, 6.07) is 0. The third kappa shape index (κ3) is 2.98. The molecule has 1 aliphatic carbocycles. The van der Waals surface area contributed by atoms with Gasteiger partial charge in [-0.15, -0.1) is 0 Å². The summed E-state index contributed by atoms with van der Waals surface area (Å²) in [5.41, 5.74) is 5.00. The Hall–Kier alpha value is -0.690. The van der Waals surface area contributed by atoms with Gasteiger partial charge in [0.25, 0.3) is 0 Å². The van der Waals surface area contributed by atoms with Gasteiger partial charge in [0.05, 0.1) is 19.3 Å². The summed E-state index contributed by atoms with van der Waals surface area (Å²) in [5.74, 6) is -0.135. The predicted octanol–water partition coefficient (Wildman–Crippen LogP) is -0.0138. The highest BCUT2D eigenvalue weighted by atomic mass is 16.5. The minimum absolute atomic E-state index is 0.000137. The van der Waals surface area contributed by atoms with Crippen molar-refractivity contribution in [2.75, 3.05) is 40.0 Å². The van der Waals surface area contributed by atoms with Crippen LogP contribution in [-0.4, -0.2) is 67.6 Å². The Morgan fingerprint density at radius 2 is 2.10 bits per heavy atom. The number of amides is 1. The van der Waals surface area contributed by atoms with Gasteiger partial charge >= 0.3 is 0 Å². The van der Waals surface area contributed by atoms with Crippen molar-refractivity contribution < 1.29 is 19.4 Å². The molecule has 0 heterocycles. The number of methoxy groups -OCH3 is 1. The molecule has 6 nitrogen and oxygen atoms in total. The van der Waals surface area contributed by atoms with Gasteiger partial charge < -0.3 is 25.2 Å². The van der Waals surface area contributed by atoms with Gasteiger partial charge in [0.1, 0.15) is 5.54 Å². The van der Waals surface area contributed by atoms with Crippen LogP contribution in [0, 0.1) is 5.41 Å². The van der Waals surface area contributed by atoms with Crippen LogP contribution in [0.5, 0.6) is 0 Å². The third-order valence-electron chi connectivity index (χ3n) is 4.43. The second-order valence-corrected chi connectivity index (χ2v) is 5.85. The van der Waals surface area contributed by atoms with E-state index in [1.165, 1.54) is 0 Å². The van der Waals surface area contributed by atoms with E-state index in [0.29, 0.717) is 26.2 Å². The quantitative estimate of drug-likeness (QED) is 0.656. The van der Waals surface area contributed by atoms with Crippen LogP contribution < -0.4 is 5.73 Å².